The van der Waals surface area contributed by atoms with Gasteiger partial charge in [0.15, 0.2) is 5.78 Å². The molecule has 0 amide bonds. The molecular weight excluding hydrogens is 507 g/mol. The van der Waals surface area contributed by atoms with Crippen LogP contribution in [0.4, 0.5) is 4.48 Å². The number of benzene rings is 1. The second kappa shape index (κ2) is 16.7. The van der Waals surface area contributed by atoms with E-state index >= 15 is 0 Å². The van der Waals surface area contributed by atoms with E-state index in [4.69, 9.17) is 4.74 Å². The van der Waals surface area contributed by atoms with E-state index in [1.54, 1.807) is 5.54 Å². The summed E-state index contributed by atoms with van der Waals surface area (Å²) in [7, 11) is 0. The Morgan fingerprint density at radius 1 is 1.10 bits per heavy atom. The first-order valence-corrected chi connectivity index (χ1v) is 15.1. The minimum atomic E-state index is -1.04. The molecule has 2 N–H and O–H groups in total. The van der Waals surface area contributed by atoms with E-state index in [-0.39, 0.29) is 35.9 Å². The Kier molecular flexibility index (Phi) is 14.0. The maximum absolute atomic E-state index is 13.4. The molecule has 0 aliphatic heterocycles. The number of carbonyl (C=O) groups excluding carboxylic acids is 2. The quantitative estimate of drug-likeness (QED) is 0.0872. The van der Waals surface area contributed by atoms with E-state index in [0.717, 1.165) is 12.0 Å². The lowest BCUT2D eigenvalue weighted by Gasteiger charge is -2.30. The Balaban J connectivity index is 1.87. The first-order valence-electron chi connectivity index (χ1n) is 15.1. The molecule has 2 rings (SSSR count). The standard InChI is InChI=1S/C33H51FN2O4/c1-7-9-12-25(8-2)26-16-14-24(15-17-26)22-40-32(39)27(36-34)13-10-11-18-35-28(19-23(3)4)31-29(37)20-33(5,6)21-30(31)38/h14-17,23,25,27,36-37H,7-13,18-22H2,1-6H3. The van der Waals surface area contributed by atoms with Crippen molar-refractivity contribution >= 4 is 17.5 Å². The van der Waals surface area contributed by atoms with Crippen molar-refractivity contribution in [3.63, 3.8) is 0 Å². The van der Waals surface area contributed by atoms with Crippen LogP contribution < -0.4 is 5.54 Å². The van der Waals surface area contributed by atoms with Gasteiger partial charge in [-0.1, -0.05) is 78.6 Å². The van der Waals surface area contributed by atoms with Gasteiger partial charge in [-0.2, -0.15) is 0 Å². The van der Waals surface area contributed by atoms with Gasteiger partial charge in [0.25, 0.3) is 0 Å². The van der Waals surface area contributed by atoms with Crippen molar-refractivity contribution < 1.29 is 23.9 Å². The van der Waals surface area contributed by atoms with E-state index in [1.807, 2.05) is 26.0 Å². The van der Waals surface area contributed by atoms with Gasteiger partial charge >= 0.3 is 5.97 Å². The number of allylic oxidation sites excluding steroid dienone is 2. The molecule has 0 saturated carbocycles. The topological polar surface area (TPSA) is 88.0 Å². The van der Waals surface area contributed by atoms with Gasteiger partial charge in [0.05, 0.1) is 5.57 Å². The number of unbranched alkanes of at least 4 members (excludes halogenated alkanes) is 2. The number of hydrogen-bond acceptors (Lipinski definition) is 6. The third kappa shape index (κ3) is 10.8. The van der Waals surface area contributed by atoms with Crippen LogP contribution in [0, 0.1) is 11.3 Å². The number of Topliss-reactive ketones (excluding diaryl/α,β-unsaturated/α-hetero) is 1. The van der Waals surface area contributed by atoms with Crippen molar-refractivity contribution in [2.45, 2.75) is 124 Å². The molecule has 6 nitrogen and oxygen atoms in total. The molecule has 7 heteroatoms. The van der Waals surface area contributed by atoms with Gasteiger partial charge in [-0.25, -0.2) is 0 Å². The highest BCUT2D eigenvalue weighted by Crippen LogP contribution is 2.37. The summed E-state index contributed by atoms with van der Waals surface area (Å²) in [4.78, 5) is 30.0. The third-order valence-electron chi connectivity index (χ3n) is 7.59. The van der Waals surface area contributed by atoms with Crippen LogP contribution in [-0.4, -0.2) is 35.2 Å². The molecule has 40 heavy (non-hydrogen) atoms. The van der Waals surface area contributed by atoms with Gasteiger partial charge in [-0.05, 0) is 66.9 Å². The molecule has 0 saturated heterocycles. The number of aliphatic imine (C=N–C) groups is 1. The Morgan fingerprint density at radius 3 is 2.38 bits per heavy atom. The van der Waals surface area contributed by atoms with E-state index in [2.05, 4.69) is 44.8 Å². The number of aliphatic hydroxyl groups excluding tert-OH is 1. The van der Waals surface area contributed by atoms with Crippen LogP contribution in [-0.2, 0) is 20.9 Å². The number of aliphatic hydroxyl groups is 1. The molecule has 2 unspecified atom stereocenters. The number of hydrogen-bond donors (Lipinski definition) is 2. The molecule has 1 aliphatic rings. The van der Waals surface area contributed by atoms with Crippen molar-refractivity contribution in [2.75, 3.05) is 6.54 Å². The molecule has 0 heterocycles. The largest absolute Gasteiger partial charge is 0.511 e. The first-order chi connectivity index (χ1) is 19.0. The zero-order chi connectivity index (χ0) is 29.7. The average molecular weight is 559 g/mol. The highest BCUT2D eigenvalue weighted by atomic mass is 19.2. The van der Waals surface area contributed by atoms with Gasteiger partial charge in [0, 0.05) is 25.1 Å². The van der Waals surface area contributed by atoms with E-state index in [9.17, 15) is 19.2 Å². The highest BCUT2D eigenvalue weighted by molar-refractivity contribution is 6.23. The third-order valence-corrected chi connectivity index (χ3v) is 7.59. The normalized spacial score (nSPS) is 17.3. The van der Waals surface area contributed by atoms with Gasteiger partial charge in [-0.3, -0.25) is 14.6 Å². The number of nitrogens with one attached hydrogen (secondary N) is 1. The summed E-state index contributed by atoms with van der Waals surface area (Å²) in [5, 5.41) is 10.6. The predicted octanol–water partition coefficient (Wildman–Crippen LogP) is 8.11. The average Bonchev–Trinajstić information content (AvgIpc) is 2.88. The van der Waals surface area contributed by atoms with Crippen LogP contribution in [0.25, 0.3) is 0 Å². The summed E-state index contributed by atoms with van der Waals surface area (Å²) in [6.45, 7) is 13.0. The van der Waals surface area contributed by atoms with Crippen LogP contribution in [0.1, 0.15) is 123 Å². The van der Waals surface area contributed by atoms with E-state index in [1.165, 1.54) is 24.8 Å². The van der Waals surface area contributed by atoms with Crippen LogP contribution in [0.5, 0.6) is 0 Å². The molecule has 2 atom stereocenters. The summed E-state index contributed by atoms with van der Waals surface area (Å²) in [6, 6.07) is 7.12. The number of carbonyl (C=O) groups is 2. The number of halogens is 1. The van der Waals surface area contributed by atoms with Gasteiger partial charge in [0.1, 0.15) is 18.4 Å². The van der Waals surface area contributed by atoms with E-state index in [0.29, 0.717) is 55.9 Å². The summed E-state index contributed by atoms with van der Waals surface area (Å²) in [5.74, 6) is 0.271. The molecule has 1 aromatic rings. The number of ether oxygens (including phenoxy) is 1. The SMILES string of the molecule is CCCCC(CC)c1ccc(COC(=O)C(CCCCN=C(CC(C)C)C2=C(O)CC(C)(C)CC2=O)NF)cc1. The Labute approximate surface area is 240 Å². The first kappa shape index (κ1) is 33.7. The lowest BCUT2D eigenvalue weighted by atomic mass is 9.75. The second-order valence-electron chi connectivity index (χ2n) is 12.4. The summed E-state index contributed by atoms with van der Waals surface area (Å²) < 4.78 is 18.8. The van der Waals surface area contributed by atoms with Crippen molar-refractivity contribution in [3.8, 4) is 0 Å². The van der Waals surface area contributed by atoms with Gasteiger partial charge in [-0.15, -0.1) is 10.0 Å². The maximum atomic E-state index is 13.4. The minimum Gasteiger partial charge on any atom is -0.511 e. The minimum absolute atomic E-state index is 0.0612. The fraction of sp³-hybridized carbons (Fsp3) is 0.667. The van der Waals surface area contributed by atoms with Crippen LogP contribution in [0.3, 0.4) is 0 Å². The van der Waals surface area contributed by atoms with Crippen molar-refractivity contribution in [2.24, 2.45) is 16.3 Å². The zero-order valence-corrected chi connectivity index (χ0v) is 25.5. The van der Waals surface area contributed by atoms with Crippen molar-refractivity contribution in [1.82, 2.24) is 5.54 Å². The fourth-order valence-corrected chi connectivity index (χ4v) is 5.34. The number of ketones is 1. The molecule has 0 radical (unpaired) electrons. The Morgan fingerprint density at radius 2 is 1.80 bits per heavy atom. The Hall–Kier alpha value is -2.54. The zero-order valence-electron chi connectivity index (χ0n) is 25.5. The van der Waals surface area contributed by atoms with Crippen LogP contribution in [0.2, 0.25) is 0 Å². The van der Waals surface area contributed by atoms with Crippen molar-refractivity contribution in [1.29, 1.82) is 0 Å². The maximum Gasteiger partial charge on any atom is 0.326 e. The summed E-state index contributed by atoms with van der Waals surface area (Å²) >= 11 is 0. The molecule has 0 bridgehead atoms. The van der Waals surface area contributed by atoms with Crippen LogP contribution in [0.15, 0.2) is 40.6 Å². The van der Waals surface area contributed by atoms with Gasteiger partial charge in [0.2, 0.25) is 0 Å². The molecule has 0 fully saturated rings. The van der Waals surface area contributed by atoms with Crippen molar-refractivity contribution in [3.05, 3.63) is 46.7 Å². The van der Waals surface area contributed by atoms with E-state index < -0.39 is 12.0 Å². The molecule has 0 aromatic heterocycles. The molecule has 224 valence electrons. The summed E-state index contributed by atoms with van der Waals surface area (Å²) in [6.07, 6.45) is 7.57. The lowest BCUT2D eigenvalue weighted by molar-refractivity contribution is -0.149. The lowest BCUT2D eigenvalue weighted by Crippen LogP contribution is -2.33. The molecule has 0 spiro atoms. The molecular formula is C33H51FN2O4. The second-order valence-corrected chi connectivity index (χ2v) is 12.4. The number of nitrogens with zero attached hydrogens (tertiary/aromatic N) is 1. The van der Waals surface area contributed by atoms with Gasteiger partial charge < -0.3 is 9.84 Å². The molecule has 1 aliphatic carbocycles. The Bertz CT molecular complexity index is 1010. The fourth-order valence-electron chi connectivity index (χ4n) is 5.34. The summed E-state index contributed by atoms with van der Waals surface area (Å²) in [5.41, 5.74) is 4.54. The molecule has 1 aromatic carbocycles. The monoisotopic (exact) mass is 558 g/mol. The predicted molar refractivity (Wildman–Crippen MR) is 160 cm³/mol. The number of rotatable bonds is 17. The number of esters is 1. The van der Waals surface area contributed by atoms with Crippen LogP contribution >= 0.6 is 0 Å². The highest BCUT2D eigenvalue weighted by Gasteiger charge is 2.35. The smallest absolute Gasteiger partial charge is 0.326 e.